The maximum absolute atomic E-state index is 13.7. The number of hydrogen-bond donors (Lipinski definition) is 2. The van der Waals surface area contributed by atoms with E-state index in [4.69, 9.17) is 0 Å². The van der Waals surface area contributed by atoms with Gasteiger partial charge in [0.15, 0.2) is 0 Å². The smallest absolute Gasteiger partial charge is 0.369 e. The van der Waals surface area contributed by atoms with Crippen molar-refractivity contribution < 1.29 is 17.6 Å². The lowest BCUT2D eigenvalue weighted by atomic mass is 9.91. The SMILES string of the molecule is CC(F)(F)F.CC/C=C\C(C#Cc1cnc(NCc2ccccc2CCC)nc1NCC)=C(/C)F.CC1CCCCC1. The Bertz CT molecular complexity index is 1160. The van der Waals surface area contributed by atoms with Crippen molar-refractivity contribution in [3.8, 4) is 11.8 Å². The summed E-state index contributed by atoms with van der Waals surface area (Å²) in [6.07, 6.45) is 11.7. The topological polar surface area (TPSA) is 49.8 Å². The standard InChI is InChI=1S/C25H31FN4.C7H14.C2H3F3/c1-5-8-12-20(19(4)26)15-16-23-18-29-25(30-24(23)27-7-3)28-17-22-14-10-9-13-21(22)11-6-2;1-7-5-3-2-4-6-7;1-2(3,4)5/h8-10,12-14,18H,5-7,11,17H2,1-4H3,(H2,27,28,29,30);7H,2-6H2,1H3;1H3/b12-8-,20-19-;;. The van der Waals surface area contributed by atoms with Crippen molar-refractivity contribution in [3.63, 3.8) is 0 Å². The highest BCUT2D eigenvalue weighted by molar-refractivity contribution is 5.57. The van der Waals surface area contributed by atoms with Crippen LogP contribution in [-0.4, -0.2) is 22.7 Å². The van der Waals surface area contributed by atoms with Crippen LogP contribution >= 0.6 is 0 Å². The molecule has 2 aromatic rings. The molecule has 42 heavy (non-hydrogen) atoms. The van der Waals surface area contributed by atoms with Gasteiger partial charge in [-0.3, -0.25) is 0 Å². The van der Waals surface area contributed by atoms with E-state index in [0.29, 0.717) is 36.0 Å². The normalized spacial score (nSPS) is 14.0. The van der Waals surface area contributed by atoms with E-state index in [1.54, 1.807) is 12.3 Å². The Morgan fingerprint density at radius 1 is 1.05 bits per heavy atom. The lowest BCUT2D eigenvalue weighted by Crippen LogP contribution is -2.09. The fourth-order valence-electron chi connectivity index (χ4n) is 4.20. The summed E-state index contributed by atoms with van der Waals surface area (Å²) in [7, 11) is 0. The van der Waals surface area contributed by atoms with Crippen LogP contribution in [-0.2, 0) is 13.0 Å². The van der Waals surface area contributed by atoms with E-state index in [9.17, 15) is 17.6 Å². The van der Waals surface area contributed by atoms with E-state index < -0.39 is 6.18 Å². The Morgan fingerprint density at radius 2 is 1.69 bits per heavy atom. The molecule has 0 radical (unpaired) electrons. The Hall–Kier alpha value is -3.34. The molecule has 0 amide bonds. The number of rotatable bonds is 9. The third kappa shape index (κ3) is 16.8. The van der Waals surface area contributed by atoms with Gasteiger partial charge < -0.3 is 10.6 Å². The van der Waals surface area contributed by atoms with Gasteiger partial charge in [-0.2, -0.15) is 18.2 Å². The van der Waals surface area contributed by atoms with E-state index in [-0.39, 0.29) is 12.8 Å². The number of nitrogens with zero attached hydrogens (tertiary/aromatic N) is 2. The lowest BCUT2D eigenvalue weighted by molar-refractivity contribution is -0.110. The zero-order valence-electron chi connectivity index (χ0n) is 26.1. The molecule has 1 aromatic carbocycles. The molecule has 4 nitrogen and oxygen atoms in total. The molecule has 1 aliphatic carbocycles. The molecule has 232 valence electrons. The fourth-order valence-corrected chi connectivity index (χ4v) is 4.20. The van der Waals surface area contributed by atoms with Crippen molar-refractivity contribution in [2.45, 2.75) is 106 Å². The summed E-state index contributed by atoms with van der Waals surface area (Å²) in [5, 5.41) is 6.53. The summed E-state index contributed by atoms with van der Waals surface area (Å²) in [5.74, 6) is 7.80. The van der Waals surface area contributed by atoms with Gasteiger partial charge in [0.1, 0.15) is 11.6 Å². The average Bonchev–Trinajstić information content (AvgIpc) is 2.93. The van der Waals surface area contributed by atoms with Gasteiger partial charge in [0.2, 0.25) is 5.95 Å². The summed E-state index contributed by atoms with van der Waals surface area (Å²) in [6, 6.07) is 8.40. The predicted molar refractivity (Wildman–Crippen MR) is 168 cm³/mol. The first-order valence-electron chi connectivity index (χ1n) is 15.0. The van der Waals surface area contributed by atoms with Crippen LogP contribution in [0.3, 0.4) is 0 Å². The summed E-state index contributed by atoms with van der Waals surface area (Å²) in [6.45, 7) is 11.5. The van der Waals surface area contributed by atoms with Crippen molar-refractivity contribution in [2.75, 3.05) is 17.2 Å². The van der Waals surface area contributed by atoms with Crippen LogP contribution < -0.4 is 10.6 Å². The van der Waals surface area contributed by atoms with Gasteiger partial charge in [-0.05, 0) is 49.8 Å². The number of allylic oxidation sites excluding steroid dienone is 4. The van der Waals surface area contributed by atoms with Crippen LogP contribution in [0.1, 0.15) is 103 Å². The van der Waals surface area contributed by atoms with Gasteiger partial charge in [0, 0.05) is 20.0 Å². The number of halogens is 4. The zero-order chi connectivity index (χ0) is 31.4. The predicted octanol–water partition coefficient (Wildman–Crippen LogP) is 10.2. The third-order valence-corrected chi connectivity index (χ3v) is 6.32. The first-order valence-corrected chi connectivity index (χ1v) is 15.0. The minimum Gasteiger partial charge on any atom is -0.369 e. The van der Waals surface area contributed by atoms with Gasteiger partial charge in [-0.15, -0.1) is 0 Å². The Balaban J connectivity index is 0.000000607. The monoisotopic (exact) mass is 588 g/mol. The maximum Gasteiger partial charge on any atom is 0.386 e. The second kappa shape index (κ2) is 20.5. The van der Waals surface area contributed by atoms with E-state index >= 15 is 0 Å². The lowest BCUT2D eigenvalue weighted by Gasteiger charge is -2.15. The number of nitrogens with one attached hydrogen (secondary N) is 2. The van der Waals surface area contributed by atoms with E-state index in [1.807, 2.05) is 26.0 Å². The molecule has 1 heterocycles. The molecule has 0 aliphatic heterocycles. The van der Waals surface area contributed by atoms with Gasteiger partial charge in [0.05, 0.1) is 17.3 Å². The Kier molecular flexibility index (Phi) is 17.9. The van der Waals surface area contributed by atoms with Crippen molar-refractivity contribution in [2.24, 2.45) is 5.92 Å². The molecule has 0 spiro atoms. The van der Waals surface area contributed by atoms with Crippen LogP contribution in [0.15, 0.2) is 54.0 Å². The van der Waals surface area contributed by atoms with E-state index in [2.05, 4.69) is 64.5 Å². The molecule has 1 aliphatic rings. The van der Waals surface area contributed by atoms with Crippen molar-refractivity contribution in [1.82, 2.24) is 9.97 Å². The first kappa shape index (κ1) is 36.7. The Labute approximate surface area is 250 Å². The van der Waals surface area contributed by atoms with E-state index in [1.165, 1.54) is 50.2 Å². The van der Waals surface area contributed by atoms with Crippen LogP contribution in [0.25, 0.3) is 0 Å². The van der Waals surface area contributed by atoms with Crippen molar-refractivity contribution >= 4 is 11.8 Å². The molecule has 8 heteroatoms. The van der Waals surface area contributed by atoms with Crippen molar-refractivity contribution in [3.05, 3.63) is 70.7 Å². The number of alkyl halides is 3. The van der Waals surface area contributed by atoms with E-state index in [0.717, 1.165) is 25.2 Å². The zero-order valence-corrected chi connectivity index (χ0v) is 26.1. The number of anilines is 2. The highest BCUT2D eigenvalue weighted by atomic mass is 19.4. The number of benzene rings is 1. The van der Waals surface area contributed by atoms with Crippen LogP contribution in [0.5, 0.6) is 0 Å². The number of aromatic nitrogens is 2. The molecule has 0 saturated heterocycles. The molecule has 2 N–H and O–H groups in total. The molecular formula is C34H48F4N4. The van der Waals surface area contributed by atoms with Crippen LogP contribution in [0.4, 0.5) is 29.3 Å². The fraction of sp³-hybridized carbons (Fsp3) is 0.529. The third-order valence-electron chi connectivity index (χ3n) is 6.32. The minimum absolute atomic E-state index is 0.188. The van der Waals surface area contributed by atoms with Gasteiger partial charge >= 0.3 is 6.18 Å². The second-order valence-corrected chi connectivity index (χ2v) is 10.4. The molecular weight excluding hydrogens is 540 g/mol. The first-order chi connectivity index (χ1) is 20.0. The highest BCUT2D eigenvalue weighted by Crippen LogP contribution is 2.22. The molecule has 1 fully saturated rings. The van der Waals surface area contributed by atoms with Gasteiger partial charge in [-0.25, -0.2) is 9.37 Å². The molecule has 1 aromatic heterocycles. The minimum atomic E-state index is -4.00. The average molecular weight is 589 g/mol. The Morgan fingerprint density at radius 3 is 2.21 bits per heavy atom. The highest BCUT2D eigenvalue weighted by Gasteiger charge is 2.15. The summed E-state index contributed by atoms with van der Waals surface area (Å²) in [5.41, 5.74) is 3.59. The summed E-state index contributed by atoms with van der Waals surface area (Å²) < 4.78 is 44.8. The van der Waals surface area contributed by atoms with Crippen molar-refractivity contribution in [1.29, 1.82) is 0 Å². The molecule has 0 atom stereocenters. The van der Waals surface area contributed by atoms with Gasteiger partial charge in [0.25, 0.3) is 0 Å². The molecule has 0 unspecified atom stereocenters. The molecule has 3 rings (SSSR count). The summed E-state index contributed by atoms with van der Waals surface area (Å²) in [4.78, 5) is 8.98. The number of hydrogen-bond acceptors (Lipinski definition) is 4. The maximum atomic E-state index is 13.7. The molecule has 0 bridgehead atoms. The summed E-state index contributed by atoms with van der Waals surface area (Å²) >= 11 is 0. The molecule has 1 saturated carbocycles. The largest absolute Gasteiger partial charge is 0.386 e. The van der Waals surface area contributed by atoms with Crippen LogP contribution in [0.2, 0.25) is 0 Å². The van der Waals surface area contributed by atoms with Crippen LogP contribution in [0, 0.1) is 17.8 Å². The second-order valence-electron chi connectivity index (χ2n) is 10.4. The quantitative estimate of drug-likeness (QED) is 0.174. The number of aryl methyl sites for hydroxylation is 1. The van der Waals surface area contributed by atoms with Gasteiger partial charge in [-0.1, -0.05) is 101 Å².